The third-order valence-electron chi connectivity index (χ3n) is 14.7. The van der Waals surface area contributed by atoms with E-state index in [0.29, 0.717) is 45.0 Å². The molecule has 2 aromatic heterocycles. The summed E-state index contributed by atoms with van der Waals surface area (Å²) < 4.78 is 96.5. The second-order valence-corrected chi connectivity index (χ2v) is 19.8. The van der Waals surface area contributed by atoms with E-state index in [4.69, 9.17) is 0 Å². The van der Waals surface area contributed by atoms with Gasteiger partial charge in [0.15, 0.2) is 0 Å². The van der Waals surface area contributed by atoms with Crippen LogP contribution in [-0.4, -0.2) is 9.13 Å². The van der Waals surface area contributed by atoms with E-state index in [1.54, 1.807) is 4.57 Å². The van der Waals surface area contributed by atoms with E-state index in [9.17, 15) is 5.26 Å². The third kappa shape index (κ3) is 8.18. The summed E-state index contributed by atoms with van der Waals surface area (Å²) in [5.74, 6) is 0. The first-order valence-electron chi connectivity index (χ1n) is 24.8. The van der Waals surface area contributed by atoms with Crippen molar-refractivity contribution >= 4 is 43.6 Å². The first kappa shape index (κ1) is 47.8. The second kappa shape index (κ2) is 18.1. The molecule has 0 bridgehead atoms. The Labute approximate surface area is 434 Å². The summed E-state index contributed by atoms with van der Waals surface area (Å²) in [4.78, 5) is 0. The molecule has 3 nitrogen and oxygen atoms in total. The Morgan fingerprint density at radius 2 is 0.658 bits per heavy atom. The largest absolute Gasteiger partial charge is 0.417 e. The lowest BCUT2D eigenvalue weighted by Gasteiger charge is -2.24. The van der Waals surface area contributed by atoms with Crippen LogP contribution >= 0.6 is 0 Å². The van der Waals surface area contributed by atoms with Gasteiger partial charge in [-0.1, -0.05) is 156 Å². The van der Waals surface area contributed by atoms with Crippen LogP contribution in [0.5, 0.6) is 0 Å². The van der Waals surface area contributed by atoms with Gasteiger partial charge in [-0.2, -0.15) is 31.6 Å². The van der Waals surface area contributed by atoms with Gasteiger partial charge >= 0.3 is 12.4 Å². The molecule has 0 amide bonds. The van der Waals surface area contributed by atoms with Gasteiger partial charge in [0.1, 0.15) is 11.6 Å². The molecule has 0 spiro atoms. The Bertz CT molecular complexity index is 4080. The van der Waals surface area contributed by atoms with E-state index >= 15 is 26.3 Å². The van der Waals surface area contributed by atoms with Crippen molar-refractivity contribution in [2.75, 3.05) is 0 Å². The number of halogens is 6. The van der Waals surface area contributed by atoms with E-state index in [0.717, 1.165) is 83.6 Å². The van der Waals surface area contributed by atoms with E-state index in [-0.39, 0.29) is 16.9 Å². The quantitative estimate of drug-likeness (QED) is 0.147. The molecule has 12 aromatic rings. The summed E-state index contributed by atoms with van der Waals surface area (Å²) >= 11 is 0. The van der Waals surface area contributed by atoms with Gasteiger partial charge in [0.25, 0.3) is 0 Å². The SMILES string of the molecule is Cc1ccc(-c2ccc3c(c2)c2cc(-c4ccc(C)cc4)ccc2n3-c2ccc(-c3c(C(F)(F)F)cccc3C(F)(F)F)c(-n3c4ccc(-c5ccc(C)cc5)cc4c4cc(-c5ccc(C)cc5)ccc43)c2C#N)cc1. The fraction of sp³-hybridized carbons (Fsp3) is 0.0896. The smallest absolute Gasteiger partial charge is 0.308 e. The van der Waals surface area contributed by atoms with Gasteiger partial charge < -0.3 is 9.13 Å². The van der Waals surface area contributed by atoms with Gasteiger partial charge in [0.05, 0.1) is 44.6 Å². The summed E-state index contributed by atoms with van der Waals surface area (Å²) in [6.07, 6.45) is -10.4. The zero-order valence-electron chi connectivity index (χ0n) is 41.7. The minimum absolute atomic E-state index is 0.129. The van der Waals surface area contributed by atoms with Crippen LogP contribution in [0.2, 0.25) is 0 Å². The van der Waals surface area contributed by atoms with Crippen LogP contribution in [0.4, 0.5) is 26.3 Å². The molecule has 76 heavy (non-hydrogen) atoms. The molecule has 0 aliphatic carbocycles. The standard InChI is InChI=1S/C67H45F6N3/c1-39-8-16-43(17-9-39)47-24-29-59-52(34-47)53-35-48(44-18-10-40(2)11-19-44)25-30-60(53)75(59)63-33-28-51(64-57(66(68,69)70)6-5-7-58(64)67(71,72)73)65(56(63)38-74)76-61-31-26-49(45-20-12-41(3)13-21-45)36-54(61)55-37-50(27-32-62(55)76)46-22-14-42(4)15-23-46/h5-37H,1-4H3. The summed E-state index contributed by atoms with van der Waals surface area (Å²) in [6, 6.07) is 63.4. The summed E-state index contributed by atoms with van der Waals surface area (Å²) in [6.45, 7) is 8.04. The van der Waals surface area contributed by atoms with E-state index in [1.807, 2.05) is 166 Å². The Balaban J connectivity index is 1.22. The van der Waals surface area contributed by atoms with Crippen molar-refractivity contribution in [3.63, 3.8) is 0 Å². The van der Waals surface area contributed by atoms with Gasteiger partial charge in [-0.3, -0.25) is 0 Å². The van der Waals surface area contributed by atoms with Crippen molar-refractivity contribution in [1.29, 1.82) is 5.26 Å². The normalized spacial score (nSPS) is 12.1. The molecule has 0 N–H and O–H groups in total. The third-order valence-corrected chi connectivity index (χ3v) is 14.7. The van der Waals surface area contributed by atoms with Crippen LogP contribution in [0, 0.1) is 39.0 Å². The second-order valence-electron chi connectivity index (χ2n) is 19.8. The van der Waals surface area contributed by atoms with Crippen molar-refractivity contribution in [1.82, 2.24) is 9.13 Å². The highest BCUT2D eigenvalue weighted by molar-refractivity contribution is 6.14. The number of benzene rings is 10. The van der Waals surface area contributed by atoms with Crippen molar-refractivity contribution < 1.29 is 26.3 Å². The maximum Gasteiger partial charge on any atom is 0.417 e. The number of hydrogen-bond donors (Lipinski definition) is 0. The van der Waals surface area contributed by atoms with Crippen LogP contribution < -0.4 is 0 Å². The van der Waals surface area contributed by atoms with Crippen LogP contribution in [0.3, 0.4) is 0 Å². The number of aryl methyl sites for hydroxylation is 4. The highest BCUT2D eigenvalue weighted by Crippen LogP contribution is 2.50. The highest BCUT2D eigenvalue weighted by Gasteiger charge is 2.42. The molecule has 0 unspecified atom stereocenters. The minimum Gasteiger partial charge on any atom is -0.308 e. The van der Waals surface area contributed by atoms with E-state index in [1.165, 1.54) is 12.1 Å². The van der Waals surface area contributed by atoms with Gasteiger partial charge in [0, 0.05) is 32.7 Å². The maximum absolute atomic E-state index is 15.5. The number of nitriles is 1. The number of hydrogen-bond acceptors (Lipinski definition) is 1. The summed E-state index contributed by atoms with van der Waals surface area (Å²) in [5, 5.41) is 14.9. The molecule has 12 rings (SSSR count). The summed E-state index contributed by atoms with van der Waals surface area (Å²) in [5.41, 5.74) is 9.63. The molecular weight excluding hydrogens is 961 g/mol. The van der Waals surface area contributed by atoms with Gasteiger partial charge in [0.2, 0.25) is 0 Å². The lowest BCUT2D eigenvalue weighted by Crippen LogP contribution is -2.16. The zero-order chi connectivity index (χ0) is 52.8. The van der Waals surface area contributed by atoms with Gasteiger partial charge in [-0.05, 0) is 139 Å². The number of fused-ring (bicyclic) bond motifs is 6. The predicted octanol–water partition coefficient (Wildman–Crippen LogP) is 19.4. The maximum atomic E-state index is 15.5. The average molecular weight is 1010 g/mol. The average Bonchev–Trinajstić information content (AvgIpc) is 3.96. The van der Waals surface area contributed by atoms with E-state index < -0.39 is 34.6 Å². The van der Waals surface area contributed by atoms with Crippen LogP contribution in [-0.2, 0) is 12.4 Å². The zero-order valence-corrected chi connectivity index (χ0v) is 41.7. The van der Waals surface area contributed by atoms with Crippen LogP contribution in [0.1, 0.15) is 38.9 Å². The number of nitrogens with zero attached hydrogens (tertiary/aromatic N) is 3. The topological polar surface area (TPSA) is 33.6 Å². The molecule has 9 heteroatoms. The fourth-order valence-electron chi connectivity index (χ4n) is 10.9. The first-order valence-corrected chi connectivity index (χ1v) is 24.8. The molecule has 2 heterocycles. The molecule has 0 saturated carbocycles. The fourth-order valence-corrected chi connectivity index (χ4v) is 10.9. The van der Waals surface area contributed by atoms with Crippen LogP contribution in [0.15, 0.2) is 200 Å². The van der Waals surface area contributed by atoms with Crippen LogP contribution in [0.25, 0.3) is 111 Å². The minimum atomic E-state index is -5.22. The molecule has 0 aliphatic rings. The van der Waals surface area contributed by atoms with Crippen molar-refractivity contribution in [2.24, 2.45) is 0 Å². The number of rotatable bonds is 7. The molecule has 370 valence electrons. The Kier molecular flexibility index (Phi) is 11.4. The molecule has 0 atom stereocenters. The number of aromatic nitrogens is 2. The Hall–Kier alpha value is -9.13. The summed E-state index contributed by atoms with van der Waals surface area (Å²) in [7, 11) is 0. The molecule has 0 aliphatic heterocycles. The van der Waals surface area contributed by atoms with Gasteiger partial charge in [-0.25, -0.2) is 0 Å². The Morgan fingerprint density at radius 1 is 0.355 bits per heavy atom. The lowest BCUT2D eigenvalue weighted by molar-refractivity contribution is -0.142. The lowest BCUT2D eigenvalue weighted by atomic mass is 9.90. The monoisotopic (exact) mass is 1010 g/mol. The molecule has 0 radical (unpaired) electrons. The van der Waals surface area contributed by atoms with Crippen molar-refractivity contribution in [3.8, 4) is 73.1 Å². The molecule has 0 saturated heterocycles. The molecular formula is C67H45F6N3. The van der Waals surface area contributed by atoms with Gasteiger partial charge in [-0.15, -0.1) is 0 Å². The molecule has 0 fully saturated rings. The first-order chi connectivity index (χ1) is 36.5. The van der Waals surface area contributed by atoms with Crippen molar-refractivity contribution in [2.45, 2.75) is 40.0 Å². The predicted molar refractivity (Wildman–Crippen MR) is 296 cm³/mol. The highest BCUT2D eigenvalue weighted by atomic mass is 19.4. The molecule has 10 aromatic carbocycles. The number of alkyl halides is 6. The Morgan fingerprint density at radius 3 is 0.961 bits per heavy atom. The van der Waals surface area contributed by atoms with Crippen molar-refractivity contribution in [3.05, 3.63) is 239 Å². The van der Waals surface area contributed by atoms with E-state index in [2.05, 4.69) is 42.5 Å².